The van der Waals surface area contributed by atoms with Gasteiger partial charge in [-0.2, -0.15) is 0 Å². The summed E-state index contributed by atoms with van der Waals surface area (Å²) in [6.07, 6.45) is 0. The van der Waals surface area contributed by atoms with E-state index in [2.05, 4.69) is 92.7 Å². The molecule has 1 aliphatic heterocycles. The highest BCUT2D eigenvalue weighted by Gasteiger charge is 2.30. The van der Waals surface area contributed by atoms with Crippen molar-refractivity contribution >= 4 is 17.3 Å². The first-order valence-corrected chi connectivity index (χ1v) is 11.2. The monoisotopic (exact) mass is 430 g/mol. The van der Waals surface area contributed by atoms with Gasteiger partial charge in [0.1, 0.15) is 12.3 Å². The molecule has 0 saturated heterocycles. The zero-order chi connectivity index (χ0) is 22.7. The average Bonchev–Trinajstić information content (AvgIpc) is 3.23. The van der Waals surface area contributed by atoms with Crippen molar-refractivity contribution < 1.29 is 4.74 Å². The molecule has 4 aromatic rings. The zero-order valence-electron chi connectivity index (χ0n) is 18.9. The van der Waals surface area contributed by atoms with Crippen LogP contribution in [0.15, 0.2) is 119 Å². The molecule has 0 bridgehead atoms. The second-order valence-corrected chi connectivity index (χ2v) is 8.78. The normalized spacial score (nSPS) is 15.1. The molecule has 0 spiro atoms. The summed E-state index contributed by atoms with van der Waals surface area (Å²) >= 11 is 0. The molecule has 0 amide bonds. The molecule has 3 heteroatoms. The quantitative estimate of drug-likeness (QED) is 0.305. The van der Waals surface area contributed by atoms with Crippen LogP contribution in [0.25, 0.3) is 22.3 Å². The molecule has 0 unspecified atom stereocenters. The van der Waals surface area contributed by atoms with E-state index in [1.807, 2.05) is 30.3 Å². The van der Waals surface area contributed by atoms with Crippen molar-refractivity contribution in [2.45, 2.75) is 19.4 Å². The van der Waals surface area contributed by atoms with E-state index in [1.54, 1.807) is 0 Å². The van der Waals surface area contributed by atoms with Crippen LogP contribution in [0, 0.1) is 0 Å². The van der Waals surface area contributed by atoms with Crippen LogP contribution >= 0.6 is 0 Å². The van der Waals surface area contributed by atoms with Crippen LogP contribution in [0.2, 0.25) is 0 Å². The van der Waals surface area contributed by atoms with E-state index in [-0.39, 0.29) is 5.54 Å². The van der Waals surface area contributed by atoms with Crippen LogP contribution in [-0.4, -0.2) is 23.8 Å². The Morgan fingerprint density at radius 2 is 1.21 bits per heavy atom. The van der Waals surface area contributed by atoms with Gasteiger partial charge in [-0.25, -0.2) is 9.98 Å². The van der Waals surface area contributed by atoms with Crippen LogP contribution in [0.1, 0.15) is 19.4 Å². The van der Waals surface area contributed by atoms with Gasteiger partial charge >= 0.3 is 0 Å². The Labute approximate surface area is 195 Å². The van der Waals surface area contributed by atoms with Crippen molar-refractivity contribution in [1.82, 2.24) is 0 Å². The molecule has 0 saturated carbocycles. The fourth-order valence-electron chi connectivity index (χ4n) is 4.01. The summed E-state index contributed by atoms with van der Waals surface area (Å²) in [6, 6.07) is 37.3. The highest BCUT2D eigenvalue weighted by molar-refractivity contribution is 6.46. The standard InChI is InChI=1S/C30H26N2O/c1-30(2)21-33-29(32-30)27(24-17-10-5-11-18-24)31-28-25(22-13-6-3-7-14-22)19-12-20-26(28)23-15-8-4-9-16-23/h3-20H,21H2,1-2H3/b31-27+. The largest absolute Gasteiger partial charge is 0.474 e. The highest BCUT2D eigenvalue weighted by Crippen LogP contribution is 2.40. The van der Waals surface area contributed by atoms with Crippen LogP contribution in [0.3, 0.4) is 0 Å². The number of para-hydroxylation sites is 1. The van der Waals surface area contributed by atoms with Gasteiger partial charge in [0.05, 0.1) is 11.2 Å². The summed E-state index contributed by atoms with van der Waals surface area (Å²) in [6.45, 7) is 4.70. The topological polar surface area (TPSA) is 34.0 Å². The summed E-state index contributed by atoms with van der Waals surface area (Å²) < 4.78 is 6.07. The molecule has 1 aliphatic rings. The second kappa shape index (κ2) is 8.87. The minimum absolute atomic E-state index is 0.272. The molecule has 5 rings (SSSR count). The third-order valence-electron chi connectivity index (χ3n) is 5.65. The van der Waals surface area contributed by atoms with Crippen molar-refractivity contribution in [3.63, 3.8) is 0 Å². The van der Waals surface area contributed by atoms with E-state index in [0.717, 1.165) is 39.2 Å². The fraction of sp³-hybridized carbons (Fsp3) is 0.133. The van der Waals surface area contributed by atoms with Gasteiger partial charge in [-0.1, -0.05) is 109 Å². The van der Waals surface area contributed by atoms with Crippen molar-refractivity contribution in [1.29, 1.82) is 0 Å². The smallest absolute Gasteiger partial charge is 0.236 e. The highest BCUT2D eigenvalue weighted by atomic mass is 16.5. The van der Waals surface area contributed by atoms with Crippen LogP contribution in [-0.2, 0) is 4.74 Å². The lowest BCUT2D eigenvalue weighted by Gasteiger charge is -2.15. The Kier molecular flexibility index (Phi) is 5.62. The first kappa shape index (κ1) is 20.9. The van der Waals surface area contributed by atoms with Crippen LogP contribution in [0.4, 0.5) is 5.69 Å². The molecular weight excluding hydrogens is 404 g/mol. The summed E-state index contributed by atoms with van der Waals surface area (Å²) in [4.78, 5) is 10.2. The zero-order valence-corrected chi connectivity index (χ0v) is 18.9. The lowest BCUT2D eigenvalue weighted by molar-refractivity contribution is 0.282. The summed E-state index contributed by atoms with van der Waals surface area (Å²) in [5.41, 5.74) is 6.76. The van der Waals surface area contributed by atoms with Gasteiger partial charge in [0.2, 0.25) is 5.90 Å². The van der Waals surface area contributed by atoms with E-state index >= 15 is 0 Å². The lowest BCUT2D eigenvalue weighted by atomic mass is 9.96. The predicted molar refractivity (Wildman–Crippen MR) is 137 cm³/mol. The Morgan fingerprint density at radius 1 is 0.697 bits per heavy atom. The van der Waals surface area contributed by atoms with Gasteiger partial charge in [0, 0.05) is 16.7 Å². The van der Waals surface area contributed by atoms with Crippen LogP contribution in [0.5, 0.6) is 0 Å². The number of hydrogen-bond donors (Lipinski definition) is 0. The Hall–Kier alpha value is -3.98. The maximum atomic E-state index is 6.07. The van der Waals surface area contributed by atoms with Gasteiger partial charge in [0.15, 0.2) is 0 Å². The maximum Gasteiger partial charge on any atom is 0.236 e. The van der Waals surface area contributed by atoms with Crippen molar-refractivity contribution in [2.24, 2.45) is 9.98 Å². The molecule has 0 N–H and O–H groups in total. The molecule has 162 valence electrons. The number of nitrogens with zero attached hydrogens (tertiary/aromatic N) is 2. The SMILES string of the molecule is CC1(C)COC(/C(=N/c2c(-c3ccccc3)cccc2-c2ccccc2)c2ccccc2)=N1. The summed E-state index contributed by atoms with van der Waals surface area (Å²) in [7, 11) is 0. The van der Waals surface area contributed by atoms with Gasteiger partial charge in [-0.15, -0.1) is 0 Å². The lowest BCUT2D eigenvalue weighted by Crippen LogP contribution is -2.17. The van der Waals surface area contributed by atoms with Crippen molar-refractivity contribution in [3.05, 3.63) is 115 Å². The van der Waals surface area contributed by atoms with E-state index < -0.39 is 0 Å². The summed E-state index contributed by atoms with van der Waals surface area (Å²) in [5, 5.41) is 0. The minimum Gasteiger partial charge on any atom is -0.474 e. The Bertz CT molecular complexity index is 1250. The molecule has 3 nitrogen and oxygen atoms in total. The van der Waals surface area contributed by atoms with E-state index in [9.17, 15) is 0 Å². The molecule has 0 aliphatic carbocycles. The molecule has 4 aromatic carbocycles. The molecule has 33 heavy (non-hydrogen) atoms. The first-order valence-electron chi connectivity index (χ1n) is 11.2. The van der Waals surface area contributed by atoms with Gasteiger partial charge in [-0.05, 0) is 25.0 Å². The Balaban J connectivity index is 1.79. The third-order valence-corrected chi connectivity index (χ3v) is 5.65. The predicted octanol–water partition coefficient (Wildman–Crippen LogP) is 7.35. The Morgan fingerprint density at radius 3 is 1.70 bits per heavy atom. The van der Waals surface area contributed by atoms with E-state index in [1.165, 1.54) is 0 Å². The molecule has 0 aromatic heterocycles. The van der Waals surface area contributed by atoms with Crippen molar-refractivity contribution in [2.75, 3.05) is 6.61 Å². The van der Waals surface area contributed by atoms with E-state index in [4.69, 9.17) is 14.7 Å². The molecule has 0 atom stereocenters. The molecule has 0 fully saturated rings. The fourth-order valence-corrected chi connectivity index (χ4v) is 4.01. The maximum absolute atomic E-state index is 6.07. The van der Waals surface area contributed by atoms with Crippen molar-refractivity contribution in [3.8, 4) is 22.3 Å². The third kappa shape index (κ3) is 4.49. The van der Waals surface area contributed by atoms with Gasteiger partial charge < -0.3 is 4.74 Å². The number of benzene rings is 4. The van der Waals surface area contributed by atoms with Gasteiger partial charge in [0.25, 0.3) is 0 Å². The molecular formula is C30H26N2O. The molecule has 1 heterocycles. The van der Waals surface area contributed by atoms with Crippen LogP contribution < -0.4 is 0 Å². The number of rotatable bonds is 5. The number of ether oxygens (including phenoxy) is 1. The molecule has 0 radical (unpaired) electrons. The number of hydrogen-bond acceptors (Lipinski definition) is 3. The first-order chi connectivity index (χ1) is 16.1. The minimum atomic E-state index is -0.272. The number of aliphatic imine (C=N–C) groups is 2. The summed E-state index contributed by atoms with van der Waals surface area (Å²) in [5.74, 6) is 0.591. The van der Waals surface area contributed by atoms with E-state index in [0.29, 0.717) is 12.5 Å². The van der Waals surface area contributed by atoms with Gasteiger partial charge in [-0.3, -0.25) is 0 Å². The average molecular weight is 431 g/mol. The second-order valence-electron chi connectivity index (χ2n) is 8.78.